The highest BCUT2D eigenvalue weighted by Gasteiger charge is 2.28. The molecule has 9 nitrogen and oxygen atoms in total. The van der Waals surface area contributed by atoms with Crippen LogP contribution in [-0.2, 0) is 15.5 Å². The zero-order valence-electron chi connectivity index (χ0n) is 23.3. The number of amides is 1. The van der Waals surface area contributed by atoms with Crippen LogP contribution in [0.15, 0.2) is 36.8 Å². The number of fused-ring (bicyclic) bond motifs is 1. The van der Waals surface area contributed by atoms with E-state index >= 15 is 0 Å². The lowest BCUT2D eigenvalue weighted by Crippen LogP contribution is -2.36. The lowest BCUT2D eigenvalue weighted by atomic mass is 10.1. The van der Waals surface area contributed by atoms with Crippen molar-refractivity contribution in [2.24, 2.45) is 0 Å². The van der Waals surface area contributed by atoms with Crippen molar-refractivity contribution in [3.8, 4) is 0 Å². The summed E-state index contributed by atoms with van der Waals surface area (Å²) >= 11 is 0. The van der Waals surface area contributed by atoms with Crippen LogP contribution in [0, 0.1) is 6.92 Å². The minimum atomic E-state index is -1.24. The molecule has 0 aliphatic carbocycles. The van der Waals surface area contributed by atoms with Crippen molar-refractivity contribution in [1.29, 1.82) is 0 Å². The number of hydrogen-bond acceptors (Lipinski definition) is 8. The van der Waals surface area contributed by atoms with Crippen LogP contribution in [0.1, 0.15) is 42.3 Å². The Bertz CT molecular complexity index is 1270. The number of pyridine rings is 1. The van der Waals surface area contributed by atoms with Crippen molar-refractivity contribution in [3.63, 3.8) is 0 Å². The Morgan fingerprint density at radius 1 is 1.18 bits per heavy atom. The van der Waals surface area contributed by atoms with Gasteiger partial charge in [0.05, 0.1) is 37.2 Å². The molecule has 2 N–H and O–H groups in total. The molecule has 0 saturated carbocycles. The average molecular weight is 541 g/mol. The molecule has 1 aromatic carbocycles. The van der Waals surface area contributed by atoms with Crippen LogP contribution >= 0.6 is 10.3 Å². The first-order chi connectivity index (χ1) is 18.0. The average Bonchev–Trinajstić information content (AvgIpc) is 2.90. The number of morpholine rings is 1. The molecule has 10 heteroatoms. The molecule has 0 unspecified atom stereocenters. The number of nitrogens with one attached hydrogen (secondary N) is 2. The van der Waals surface area contributed by atoms with Gasteiger partial charge in [0.25, 0.3) is 5.91 Å². The molecule has 0 spiro atoms. The second-order valence-corrected chi connectivity index (χ2v) is 14.7. The van der Waals surface area contributed by atoms with Gasteiger partial charge in [0, 0.05) is 48.9 Å². The quantitative estimate of drug-likeness (QED) is 0.387. The second kappa shape index (κ2) is 11.8. The minimum absolute atomic E-state index is 0.0707. The SMILES string of the molecule is Cc1ccncc1CNc1cc(C(=O)NCCOS(C)(C)C(C)(C)C)cc2ncc(N3CCOCC3)nc12. The Morgan fingerprint density at radius 3 is 2.66 bits per heavy atom. The molecule has 2 aromatic heterocycles. The first kappa shape index (κ1) is 28.1. The van der Waals surface area contributed by atoms with E-state index in [9.17, 15) is 4.79 Å². The van der Waals surface area contributed by atoms with E-state index in [0.717, 1.165) is 41.2 Å². The molecule has 4 rings (SSSR count). The molecule has 1 saturated heterocycles. The number of hydrogen-bond donors (Lipinski definition) is 2. The Balaban J connectivity index is 1.55. The number of benzene rings is 1. The van der Waals surface area contributed by atoms with Crippen molar-refractivity contribution in [3.05, 3.63) is 53.5 Å². The summed E-state index contributed by atoms with van der Waals surface area (Å²) < 4.78 is 11.7. The first-order valence-electron chi connectivity index (χ1n) is 13.0. The Morgan fingerprint density at radius 2 is 1.95 bits per heavy atom. The van der Waals surface area contributed by atoms with Crippen molar-refractivity contribution < 1.29 is 13.7 Å². The smallest absolute Gasteiger partial charge is 0.251 e. The predicted octanol–water partition coefficient (Wildman–Crippen LogP) is 4.31. The summed E-state index contributed by atoms with van der Waals surface area (Å²) in [6, 6.07) is 5.64. The maximum absolute atomic E-state index is 13.1. The summed E-state index contributed by atoms with van der Waals surface area (Å²) in [6.07, 6.45) is 9.73. The molecular formula is C28H40N6O3S. The van der Waals surface area contributed by atoms with E-state index in [1.165, 1.54) is 0 Å². The molecular weight excluding hydrogens is 500 g/mol. The third kappa shape index (κ3) is 6.73. The van der Waals surface area contributed by atoms with E-state index < -0.39 is 10.3 Å². The van der Waals surface area contributed by atoms with Gasteiger partial charge in [-0.3, -0.25) is 14.8 Å². The Kier molecular flexibility index (Phi) is 8.74. The van der Waals surface area contributed by atoms with Gasteiger partial charge in [-0.25, -0.2) is 4.98 Å². The van der Waals surface area contributed by atoms with E-state index in [2.05, 4.69) is 65.7 Å². The van der Waals surface area contributed by atoms with Crippen molar-refractivity contribution in [2.45, 2.75) is 39.0 Å². The highest BCUT2D eigenvalue weighted by atomic mass is 32.3. The van der Waals surface area contributed by atoms with Crippen LogP contribution in [0.5, 0.6) is 0 Å². The summed E-state index contributed by atoms with van der Waals surface area (Å²) in [5, 5.41) is 6.49. The van der Waals surface area contributed by atoms with Crippen molar-refractivity contribution >= 4 is 38.8 Å². The monoisotopic (exact) mass is 540 g/mol. The molecule has 206 valence electrons. The third-order valence-electron chi connectivity index (χ3n) is 7.09. The number of anilines is 2. The molecule has 0 bridgehead atoms. The lowest BCUT2D eigenvalue weighted by molar-refractivity contribution is 0.0948. The highest BCUT2D eigenvalue weighted by Crippen LogP contribution is 2.53. The zero-order valence-corrected chi connectivity index (χ0v) is 24.2. The van der Waals surface area contributed by atoms with E-state index in [0.29, 0.717) is 44.0 Å². The molecule has 0 atom stereocenters. The molecule has 38 heavy (non-hydrogen) atoms. The summed E-state index contributed by atoms with van der Waals surface area (Å²) in [4.78, 5) is 29.2. The van der Waals surface area contributed by atoms with Gasteiger partial charge in [-0.15, -0.1) is 10.3 Å². The highest BCUT2D eigenvalue weighted by molar-refractivity contribution is 8.29. The molecule has 3 heterocycles. The van der Waals surface area contributed by atoms with Crippen LogP contribution < -0.4 is 15.5 Å². The Hall–Kier alpha value is -2.95. The molecule has 1 aliphatic heterocycles. The van der Waals surface area contributed by atoms with Gasteiger partial charge in [-0.1, -0.05) is 20.8 Å². The summed E-state index contributed by atoms with van der Waals surface area (Å²) in [5.74, 6) is 0.637. The molecule has 3 aromatic rings. The van der Waals surface area contributed by atoms with Crippen LogP contribution in [0.2, 0.25) is 0 Å². The van der Waals surface area contributed by atoms with Gasteiger partial charge in [0.1, 0.15) is 11.3 Å². The molecule has 0 radical (unpaired) electrons. The first-order valence-corrected chi connectivity index (χ1v) is 15.3. The van der Waals surface area contributed by atoms with Crippen LogP contribution in [-0.4, -0.2) is 77.6 Å². The van der Waals surface area contributed by atoms with Gasteiger partial charge in [0.15, 0.2) is 0 Å². The van der Waals surface area contributed by atoms with Crippen LogP contribution in [0.3, 0.4) is 0 Å². The number of carbonyl (C=O) groups excluding carboxylic acids is 1. The fraction of sp³-hybridized carbons (Fsp3) is 0.500. The largest absolute Gasteiger partial charge is 0.379 e. The van der Waals surface area contributed by atoms with Crippen LogP contribution in [0.25, 0.3) is 11.0 Å². The van der Waals surface area contributed by atoms with Gasteiger partial charge >= 0.3 is 0 Å². The predicted molar refractivity (Wildman–Crippen MR) is 156 cm³/mol. The second-order valence-electron chi connectivity index (χ2n) is 10.8. The van der Waals surface area contributed by atoms with Crippen molar-refractivity contribution in [1.82, 2.24) is 20.3 Å². The Labute approximate surface area is 227 Å². The summed E-state index contributed by atoms with van der Waals surface area (Å²) in [6.45, 7) is 12.9. The van der Waals surface area contributed by atoms with E-state index in [-0.39, 0.29) is 10.7 Å². The van der Waals surface area contributed by atoms with Gasteiger partial charge in [-0.05, 0) is 48.8 Å². The van der Waals surface area contributed by atoms with E-state index in [1.54, 1.807) is 18.5 Å². The third-order valence-corrected chi connectivity index (χ3v) is 10.8. The van der Waals surface area contributed by atoms with Gasteiger partial charge < -0.3 is 24.5 Å². The molecule has 1 fully saturated rings. The topological polar surface area (TPSA) is 102 Å². The standard InChI is InChI=1S/C28H40N6O3S/c1-20-7-8-29-17-22(20)18-31-23-15-21(27(35)30-9-12-37-38(5,6)28(2,3)4)16-24-26(23)33-25(19-32-24)34-10-13-36-14-11-34/h7-8,15-17,19,31H,9-14,18H2,1-6H3,(H,30,35). The number of aromatic nitrogens is 3. The molecule has 1 amide bonds. The summed E-state index contributed by atoms with van der Waals surface area (Å²) in [5.41, 5.74) is 4.90. The molecule has 1 aliphatic rings. The fourth-order valence-electron chi connectivity index (χ4n) is 3.88. The lowest BCUT2D eigenvalue weighted by Gasteiger charge is -2.43. The number of carbonyl (C=O) groups is 1. The maximum atomic E-state index is 13.1. The number of ether oxygens (including phenoxy) is 1. The van der Waals surface area contributed by atoms with E-state index in [1.807, 2.05) is 18.3 Å². The number of nitrogens with zero attached hydrogens (tertiary/aromatic N) is 4. The van der Waals surface area contributed by atoms with Gasteiger partial charge in [0.2, 0.25) is 0 Å². The normalized spacial score (nSPS) is 14.9. The van der Waals surface area contributed by atoms with Crippen LogP contribution in [0.4, 0.5) is 11.5 Å². The fourth-order valence-corrected chi connectivity index (χ4v) is 4.74. The maximum Gasteiger partial charge on any atom is 0.251 e. The number of rotatable bonds is 9. The van der Waals surface area contributed by atoms with Gasteiger partial charge in [-0.2, -0.15) is 0 Å². The minimum Gasteiger partial charge on any atom is -0.379 e. The zero-order chi connectivity index (χ0) is 27.3. The van der Waals surface area contributed by atoms with E-state index in [4.69, 9.17) is 13.9 Å². The summed E-state index contributed by atoms with van der Waals surface area (Å²) in [7, 11) is -1.24. The van der Waals surface area contributed by atoms with Crippen molar-refractivity contribution in [2.75, 3.05) is 62.2 Å². The number of aryl methyl sites for hydroxylation is 1.